The summed E-state index contributed by atoms with van der Waals surface area (Å²) >= 11 is 0. The Morgan fingerprint density at radius 3 is 2.79 bits per heavy atom. The summed E-state index contributed by atoms with van der Waals surface area (Å²) in [5.41, 5.74) is 2.29. The van der Waals surface area contributed by atoms with Crippen molar-refractivity contribution in [2.45, 2.75) is 37.5 Å². The van der Waals surface area contributed by atoms with Crippen LogP contribution >= 0.6 is 0 Å². The second-order valence-corrected chi connectivity index (χ2v) is 7.20. The summed E-state index contributed by atoms with van der Waals surface area (Å²) in [5, 5.41) is 12.2. The lowest BCUT2D eigenvalue weighted by Crippen LogP contribution is -2.44. The van der Waals surface area contributed by atoms with E-state index in [-0.39, 0.29) is 5.60 Å². The maximum Gasteiger partial charge on any atom is 0.0764 e. The van der Waals surface area contributed by atoms with Crippen molar-refractivity contribution in [3.8, 4) is 0 Å². The molecule has 7 heteroatoms. The quantitative estimate of drug-likeness (QED) is 0.918. The van der Waals surface area contributed by atoms with Crippen LogP contribution in [0.3, 0.4) is 0 Å². The van der Waals surface area contributed by atoms with E-state index in [1.54, 1.807) is 0 Å². The summed E-state index contributed by atoms with van der Waals surface area (Å²) in [6, 6.07) is 2.49. The minimum atomic E-state index is 0.0560. The van der Waals surface area contributed by atoms with Gasteiger partial charge >= 0.3 is 0 Å². The number of piperidine rings is 1. The van der Waals surface area contributed by atoms with Gasteiger partial charge in [0.05, 0.1) is 35.8 Å². The Labute approximate surface area is 142 Å². The van der Waals surface area contributed by atoms with Crippen LogP contribution in [-0.4, -0.2) is 55.8 Å². The zero-order valence-corrected chi connectivity index (χ0v) is 14.5. The highest BCUT2D eigenvalue weighted by Crippen LogP contribution is 2.37. The van der Waals surface area contributed by atoms with Crippen LogP contribution in [0.4, 0.5) is 5.69 Å². The lowest BCUT2D eigenvalue weighted by molar-refractivity contribution is -0.0450. The van der Waals surface area contributed by atoms with Crippen LogP contribution in [0.1, 0.15) is 25.0 Å². The molecular formula is C17H26N6O. The summed E-state index contributed by atoms with van der Waals surface area (Å²) in [4.78, 5) is 2.48. The Balaban J connectivity index is 1.29. The van der Waals surface area contributed by atoms with Crippen molar-refractivity contribution in [1.82, 2.24) is 24.5 Å². The van der Waals surface area contributed by atoms with Crippen molar-refractivity contribution in [2.75, 3.05) is 25.0 Å². The molecular weight excluding hydrogens is 304 g/mol. The van der Waals surface area contributed by atoms with E-state index in [2.05, 4.69) is 26.5 Å². The number of nitrogens with zero attached hydrogens (tertiary/aromatic N) is 5. The first-order chi connectivity index (χ1) is 11.6. The van der Waals surface area contributed by atoms with Gasteiger partial charge in [0.2, 0.25) is 0 Å². The first kappa shape index (κ1) is 15.7. The topological polar surface area (TPSA) is 60.1 Å². The van der Waals surface area contributed by atoms with Gasteiger partial charge in [0.15, 0.2) is 0 Å². The molecule has 1 spiro atoms. The average molecular weight is 330 g/mol. The van der Waals surface area contributed by atoms with Gasteiger partial charge in [0, 0.05) is 46.1 Å². The number of likely N-dealkylation sites (tertiary alicyclic amines) is 1. The molecule has 0 amide bonds. The van der Waals surface area contributed by atoms with Gasteiger partial charge in [0.1, 0.15) is 0 Å². The van der Waals surface area contributed by atoms with Crippen LogP contribution in [0.5, 0.6) is 0 Å². The smallest absolute Gasteiger partial charge is 0.0764 e. The number of aromatic nitrogens is 4. The SMILES string of the molecule is Cn1cc(N[C@@H]2COC3(CCN(Cc4ccn(C)n4)CC3)C2)cn1. The first-order valence-electron chi connectivity index (χ1n) is 8.70. The highest BCUT2D eigenvalue weighted by Gasteiger charge is 2.42. The fraction of sp³-hybridized carbons (Fsp3) is 0.647. The third kappa shape index (κ3) is 3.32. The van der Waals surface area contributed by atoms with Crippen molar-refractivity contribution < 1.29 is 4.74 Å². The molecule has 2 aliphatic heterocycles. The Morgan fingerprint density at radius 2 is 2.12 bits per heavy atom. The van der Waals surface area contributed by atoms with Crippen molar-refractivity contribution in [3.63, 3.8) is 0 Å². The number of aryl methyl sites for hydroxylation is 2. The summed E-state index contributed by atoms with van der Waals surface area (Å²) in [6.07, 6.45) is 9.19. The predicted octanol–water partition coefficient (Wildman–Crippen LogP) is 1.39. The number of rotatable bonds is 4. The van der Waals surface area contributed by atoms with Crippen LogP contribution in [0, 0.1) is 0 Å². The largest absolute Gasteiger partial charge is 0.377 e. The Morgan fingerprint density at radius 1 is 1.29 bits per heavy atom. The van der Waals surface area contributed by atoms with E-state index in [9.17, 15) is 0 Å². The minimum Gasteiger partial charge on any atom is -0.377 e. The van der Waals surface area contributed by atoms with E-state index >= 15 is 0 Å². The lowest BCUT2D eigenvalue weighted by atomic mass is 9.87. The highest BCUT2D eigenvalue weighted by molar-refractivity contribution is 5.39. The molecule has 0 saturated carbocycles. The molecule has 2 aliphatic rings. The van der Waals surface area contributed by atoms with E-state index in [1.807, 2.05) is 42.0 Å². The number of anilines is 1. The molecule has 1 N–H and O–H groups in total. The fourth-order valence-corrected chi connectivity index (χ4v) is 3.91. The van der Waals surface area contributed by atoms with Crippen LogP contribution in [0.25, 0.3) is 0 Å². The number of ether oxygens (including phenoxy) is 1. The molecule has 0 radical (unpaired) electrons. The van der Waals surface area contributed by atoms with Gasteiger partial charge in [-0.2, -0.15) is 10.2 Å². The molecule has 2 fully saturated rings. The zero-order valence-electron chi connectivity index (χ0n) is 14.5. The maximum atomic E-state index is 6.24. The van der Waals surface area contributed by atoms with Gasteiger partial charge in [-0.3, -0.25) is 14.3 Å². The molecule has 24 heavy (non-hydrogen) atoms. The standard InChI is InChI=1S/C17H26N6O/c1-21-6-3-14(20-21)12-23-7-4-17(5-8-23)9-15(13-24-17)19-16-10-18-22(2)11-16/h3,6,10-11,15,19H,4-5,7-9,12-13H2,1-2H3/t15-/m0/s1. The van der Waals surface area contributed by atoms with E-state index in [1.165, 1.54) is 0 Å². The van der Waals surface area contributed by atoms with Gasteiger partial charge in [-0.15, -0.1) is 0 Å². The van der Waals surface area contributed by atoms with Crippen LogP contribution < -0.4 is 5.32 Å². The molecule has 2 aromatic rings. The molecule has 1 atom stereocenters. The Bertz CT molecular complexity index is 685. The van der Waals surface area contributed by atoms with E-state index in [0.29, 0.717) is 6.04 Å². The van der Waals surface area contributed by atoms with Gasteiger partial charge in [-0.05, 0) is 25.3 Å². The number of hydrogen-bond donors (Lipinski definition) is 1. The van der Waals surface area contributed by atoms with Crippen molar-refractivity contribution in [3.05, 3.63) is 30.4 Å². The molecule has 0 bridgehead atoms. The minimum absolute atomic E-state index is 0.0560. The molecule has 2 aromatic heterocycles. The fourth-order valence-electron chi connectivity index (χ4n) is 3.91. The summed E-state index contributed by atoms with van der Waals surface area (Å²) in [7, 11) is 3.91. The van der Waals surface area contributed by atoms with Crippen molar-refractivity contribution in [2.24, 2.45) is 14.1 Å². The number of nitrogens with one attached hydrogen (secondary N) is 1. The normalized spacial score (nSPS) is 23.8. The summed E-state index contributed by atoms with van der Waals surface area (Å²) in [5.74, 6) is 0. The third-order valence-electron chi connectivity index (χ3n) is 5.21. The molecule has 0 aliphatic carbocycles. The molecule has 0 aromatic carbocycles. The summed E-state index contributed by atoms with van der Waals surface area (Å²) in [6.45, 7) is 3.88. The highest BCUT2D eigenvalue weighted by atomic mass is 16.5. The van der Waals surface area contributed by atoms with Crippen LogP contribution in [0.2, 0.25) is 0 Å². The van der Waals surface area contributed by atoms with E-state index < -0.39 is 0 Å². The van der Waals surface area contributed by atoms with Crippen LogP contribution in [0.15, 0.2) is 24.7 Å². The average Bonchev–Trinajstić information content (AvgIpc) is 3.25. The van der Waals surface area contributed by atoms with Crippen LogP contribution in [-0.2, 0) is 25.4 Å². The maximum absolute atomic E-state index is 6.24. The van der Waals surface area contributed by atoms with Gasteiger partial charge in [-0.25, -0.2) is 0 Å². The van der Waals surface area contributed by atoms with E-state index in [0.717, 1.165) is 56.9 Å². The second-order valence-electron chi connectivity index (χ2n) is 7.20. The van der Waals surface area contributed by atoms with Gasteiger partial charge in [0.25, 0.3) is 0 Å². The number of hydrogen-bond acceptors (Lipinski definition) is 5. The third-order valence-corrected chi connectivity index (χ3v) is 5.21. The second kappa shape index (κ2) is 6.22. The molecule has 7 nitrogen and oxygen atoms in total. The molecule has 4 heterocycles. The van der Waals surface area contributed by atoms with Gasteiger partial charge < -0.3 is 10.1 Å². The predicted molar refractivity (Wildman–Crippen MR) is 91.6 cm³/mol. The monoisotopic (exact) mass is 330 g/mol. The Kier molecular flexibility index (Phi) is 4.05. The molecule has 0 unspecified atom stereocenters. The van der Waals surface area contributed by atoms with Crippen molar-refractivity contribution in [1.29, 1.82) is 0 Å². The van der Waals surface area contributed by atoms with Crippen molar-refractivity contribution >= 4 is 5.69 Å². The molecule has 130 valence electrons. The zero-order chi connectivity index (χ0) is 16.6. The first-order valence-corrected chi connectivity index (χ1v) is 8.70. The van der Waals surface area contributed by atoms with E-state index in [4.69, 9.17) is 4.74 Å². The van der Waals surface area contributed by atoms with Gasteiger partial charge in [-0.1, -0.05) is 0 Å². The summed E-state index contributed by atoms with van der Waals surface area (Å²) < 4.78 is 9.93. The molecule has 2 saturated heterocycles. The Hall–Kier alpha value is -1.86. The lowest BCUT2D eigenvalue weighted by Gasteiger charge is -2.38. The molecule has 4 rings (SSSR count).